The molecule has 2 aromatic rings. The van der Waals surface area contributed by atoms with Crippen molar-refractivity contribution in [2.45, 2.75) is 26.7 Å². The molecule has 7 heteroatoms. The Kier molecular flexibility index (Phi) is 5.50. The van der Waals surface area contributed by atoms with Crippen molar-refractivity contribution in [1.29, 1.82) is 0 Å². The minimum atomic E-state index is -1.22. The number of aromatic carboxylic acids is 1. The predicted octanol–water partition coefficient (Wildman–Crippen LogP) is 3.52. The average molecular weight is 339 g/mol. The van der Waals surface area contributed by atoms with E-state index in [0.717, 1.165) is 0 Å². The van der Waals surface area contributed by atoms with Crippen LogP contribution in [0.25, 0.3) is 0 Å². The van der Waals surface area contributed by atoms with E-state index in [4.69, 9.17) is 21.4 Å². The van der Waals surface area contributed by atoms with Gasteiger partial charge >= 0.3 is 5.97 Å². The lowest BCUT2D eigenvalue weighted by atomic mass is 10.0. The fourth-order valence-corrected chi connectivity index (χ4v) is 2.42. The van der Waals surface area contributed by atoms with Crippen LogP contribution >= 0.6 is 11.6 Å². The topological polar surface area (TPSA) is 72.3 Å². The lowest BCUT2D eigenvalue weighted by Crippen LogP contribution is -2.13. The first-order chi connectivity index (χ1) is 11.0. The standard InChI is InChI=1S/C16H16ClFN2O3/c1-3-13-11(7-9-5-6-10(18)8-12(9)17)15(23-4-2)20-14(19-13)16(21)22/h5-6,8H,3-4,7H2,1-2H3,(H,21,22). The van der Waals surface area contributed by atoms with E-state index in [2.05, 4.69) is 9.97 Å². The maximum absolute atomic E-state index is 13.2. The van der Waals surface area contributed by atoms with Gasteiger partial charge in [-0.2, -0.15) is 4.98 Å². The van der Waals surface area contributed by atoms with Gasteiger partial charge in [0.15, 0.2) is 0 Å². The van der Waals surface area contributed by atoms with Crippen molar-refractivity contribution in [1.82, 2.24) is 9.97 Å². The number of carbonyl (C=O) groups is 1. The van der Waals surface area contributed by atoms with Crippen LogP contribution in [0.3, 0.4) is 0 Å². The first-order valence-electron chi connectivity index (χ1n) is 7.16. The first-order valence-corrected chi connectivity index (χ1v) is 7.53. The van der Waals surface area contributed by atoms with Crippen LogP contribution in [-0.2, 0) is 12.8 Å². The van der Waals surface area contributed by atoms with E-state index in [1.165, 1.54) is 12.1 Å². The maximum atomic E-state index is 13.2. The molecule has 2 rings (SSSR count). The first kappa shape index (κ1) is 17.1. The van der Waals surface area contributed by atoms with Gasteiger partial charge in [-0.15, -0.1) is 0 Å². The number of rotatable bonds is 6. The summed E-state index contributed by atoms with van der Waals surface area (Å²) in [6, 6.07) is 4.13. The van der Waals surface area contributed by atoms with Crippen molar-refractivity contribution < 1.29 is 19.0 Å². The van der Waals surface area contributed by atoms with Crippen LogP contribution in [-0.4, -0.2) is 27.7 Å². The van der Waals surface area contributed by atoms with Gasteiger partial charge in [-0.1, -0.05) is 24.6 Å². The molecule has 0 amide bonds. The normalized spacial score (nSPS) is 10.6. The van der Waals surface area contributed by atoms with Gasteiger partial charge in [-0.3, -0.25) is 0 Å². The summed E-state index contributed by atoms with van der Waals surface area (Å²) in [5, 5.41) is 9.40. The monoisotopic (exact) mass is 338 g/mol. The van der Waals surface area contributed by atoms with Crippen molar-refractivity contribution in [2.75, 3.05) is 6.61 Å². The van der Waals surface area contributed by atoms with Gasteiger partial charge in [-0.05, 0) is 31.0 Å². The number of halogens is 2. The van der Waals surface area contributed by atoms with Gasteiger partial charge < -0.3 is 9.84 Å². The van der Waals surface area contributed by atoms with Crippen molar-refractivity contribution in [3.8, 4) is 5.88 Å². The van der Waals surface area contributed by atoms with Crippen LogP contribution in [0, 0.1) is 5.82 Å². The van der Waals surface area contributed by atoms with E-state index in [0.29, 0.717) is 36.3 Å². The molecule has 122 valence electrons. The van der Waals surface area contributed by atoms with Crippen LogP contribution < -0.4 is 4.74 Å². The molecule has 23 heavy (non-hydrogen) atoms. The van der Waals surface area contributed by atoms with Crippen LogP contribution in [0.2, 0.25) is 5.02 Å². The zero-order chi connectivity index (χ0) is 17.0. The summed E-state index contributed by atoms with van der Waals surface area (Å²) in [4.78, 5) is 19.2. The molecular formula is C16H16ClFN2O3. The maximum Gasteiger partial charge on any atom is 0.374 e. The molecule has 0 bridgehead atoms. The SMILES string of the molecule is CCOc1nc(C(=O)O)nc(CC)c1Cc1ccc(F)cc1Cl. The number of nitrogens with zero attached hydrogens (tertiary/aromatic N) is 2. The lowest BCUT2D eigenvalue weighted by Gasteiger charge is -2.14. The quantitative estimate of drug-likeness (QED) is 0.872. The number of ether oxygens (including phenoxy) is 1. The van der Waals surface area contributed by atoms with Crippen molar-refractivity contribution in [3.05, 3.63) is 51.7 Å². The number of carboxylic acids is 1. The highest BCUT2D eigenvalue weighted by Crippen LogP contribution is 2.27. The fraction of sp³-hybridized carbons (Fsp3) is 0.312. The highest BCUT2D eigenvalue weighted by atomic mass is 35.5. The highest BCUT2D eigenvalue weighted by Gasteiger charge is 2.19. The third-order valence-corrected chi connectivity index (χ3v) is 3.60. The summed E-state index contributed by atoms with van der Waals surface area (Å²) < 4.78 is 18.6. The molecule has 0 saturated heterocycles. The van der Waals surface area contributed by atoms with Gasteiger partial charge in [0.1, 0.15) is 5.82 Å². The average Bonchev–Trinajstić information content (AvgIpc) is 2.51. The van der Waals surface area contributed by atoms with Crippen molar-refractivity contribution in [2.24, 2.45) is 0 Å². The lowest BCUT2D eigenvalue weighted by molar-refractivity contribution is 0.0681. The Balaban J connectivity index is 2.52. The second-order valence-electron chi connectivity index (χ2n) is 4.78. The molecule has 0 radical (unpaired) electrons. The summed E-state index contributed by atoms with van der Waals surface area (Å²) in [7, 11) is 0. The van der Waals surface area contributed by atoms with E-state index in [1.807, 2.05) is 6.92 Å². The Hall–Kier alpha value is -2.21. The molecule has 0 spiro atoms. The van der Waals surface area contributed by atoms with E-state index in [-0.39, 0.29) is 16.7 Å². The number of aromatic nitrogens is 2. The van der Waals surface area contributed by atoms with Crippen LogP contribution in [0.1, 0.15) is 41.3 Å². The smallest absolute Gasteiger partial charge is 0.374 e. The molecule has 5 nitrogen and oxygen atoms in total. The molecule has 1 aromatic carbocycles. The molecule has 1 aromatic heterocycles. The molecule has 0 fully saturated rings. The molecule has 1 N–H and O–H groups in total. The van der Waals surface area contributed by atoms with Crippen LogP contribution in [0.5, 0.6) is 5.88 Å². The van der Waals surface area contributed by atoms with Crippen LogP contribution in [0.15, 0.2) is 18.2 Å². The zero-order valence-corrected chi connectivity index (χ0v) is 13.5. The zero-order valence-electron chi connectivity index (χ0n) is 12.8. The molecule has 0 unspecified atom stereocenters. The second-order valence-corrected chi connectivity index (χ2v) is 5.19. The molecule has 0 saturated carbocycles. The molecule has 0 atom stereocenters. The number of hydrogen-bond acceptors (Lipinski definition) is 4. The van der Waals surface area contributed by atoms with Gasteiger partial charge in [0.2, 0.25) is 11.7 Å². The van der Waals surface area contributed by atoms with E-state index >= 15 is 0 Å². The largest absolute Gasteiger partial charge is 0.478 e. The summed E-state index contributed by atoms with van der Waals surface area (Å²) in [6.45, 7) is 3.98. The minimum Gasteiger partial charge on any atom is -0.478 e. The summed E-state index contributed by atoms with van der Waals surface area (Å²) >= 11 is 6.07. The molecule has 1 heterocycles. The molecule has 0 aliphatic rings. The predicted molar refractivity (Wildman–Crippen MR) is 83.8 cm³/mol. The van der Waals surface area contributed by atoms with E-state index in [1.54, 1.807) is 13.0 Å². The Labute approximate surface area is 138 Å². The number of hydrogen-bond donors (Lipinski definition) is 1. The number of benzene rings is 1. The van der Waals surface area contributed by atoms with Crippen molar-refractivity contribution in [3.63, 3.8) is 0 Å². The Morgan fingerprint density at radius 3 is 2.65 bits per heavy atom. The van der Waals surface area contributed by atoms with Crippen LogP contribution in [0.4, 0.5) is 4.39 Å². The minimum absolute atomic E-state index is 0.220. The Morgan fingerprint density at radius 1 is 1.35 bits per heavy atom. The number of aryl methyl sites for hydroxylation is 1. The Morgan fingerprint density at radius 2 is 2.09 bits per heavy atom. The fourth-order valence-electron chi connectivity index (χ4n) is 2.18. The summed E-state index contributed by atoms with van der Waals surface area (Å²) in [5.41, 5.74) is 1.92. The third-order valence-electron chi connectivity index (χ3n) is 3.24. The van der Waals surface area contributed by atoms with Crippen molar-refractivity contribution >= 4 is 17.6 Å². The van der Waals surface area contributed by atoms with Gasteiger partial charge in [0.05, 0.1) is 12.3 Å². The molecular weight excluding hydrogens is 323 g/mol. The summed E-state index contributed by atoms with van der Waals surface area (Å²) in [5.74, 6) is -1.72. The van der Waals surface area contributed by atoms with Gasteiger partial charge in [0.25, 0.3) is 0 Å². The Bertz CT molecular complexity index is 738. The van der Waals surface area contributed by atoms with E-state index < -0.39 is 11.8 Å². The summed E-state index contributed by atoms with van der Waals surface area (Å²) in [6.07, 6.45) is 0.842. The van der Waals surface area contributed by atoms with Gasteiger partial charge in [-0.25, -0.2) is 14.2 Å². The number of carboxylic acid groups (broad SMARTS) is 1. The second kappa shape index (κ2) is 7.37. The molecule has 0 aliphatic carbocycles. The van der Waals surface area contributed by atoms with Gasteiger partial charge in [0, 0.05) is 17.0 Å². The van der Waals surface area contributed by atoms with E-state index in [9.17, 15) is 9.18 Å². The third kappa shape index (κ3) is 3.96. The highest BCUT2D eigenvalue weighted by molar-refractivity contribution is 6.31. The molecule has 0 aliphatic heterocycles.